The lowest BCUT2D eigenvalue weighted by atomic mass is 9.77. The Morgan fingerprint density at radius 1 is 1.38 bits per heavy atom. The molecule has 0 saturated heterocycles. The minimum atomic E-state index is -0.996. The number of carbonyl (C=O) groups excluding carboxylic acids is 1. The number of nitrogens with two attached hydrogens (primary N) is 1. The number of carboxylic acid groups (broad SMARTS) is 1. The van der Waals surface area contributed by atoms with Gasteiger partial charge in [0.15, 0.2) is 0 Å². The Labute approximate surface area is 128 Å². The normalized spacial score (nSPS) is 25.3. The van der Waals surface area contributed by atoms with Crippen molar-refractivity contribution in [2.75, 3.05) is 5.32 Å². The molecule has 1 amide bonds. The first-order valence-corrected chi connectivity index (χ1v) is 7.33. The third kappa shape index (κ3) is 3.29. The van der Waals surface area contributed by atoms with Gasteiger partial charge in [0.05, 0.1) is 10.7 Å². The molecule has 5 nitrogen and oxygen atoms in total. The van der Waals surface area contributed by atoms with E-state index in [1.807, 2.05) is 0 Å². The highest BCUT2D eigenvalue weighted by Crippen LogP contribution is 2.36. The first-order chi connectivity index (χ1) is 9.84. The first kappa shape index (κ1) is 15.6. The van der Waals surface area contributed by atoms with Gasteiger partial charge >= 0.3 is 5.97 Å². The largest absolute Gasteiger partial charge is 0.480 e. The van der Waals surface area contributed by atoms with E-state index in [1.165, 1.54) is 12.1 Å². The Balaban J connectivity index is 2.26. The van der Waals surface area contributed by atoms with Gasteiger partial charge in [-0.25, -0.2) is 4.79 Å². The van der Waals surface area contributed by atoms with Crippen molar-refractivity contribution in [3.05, 3.63) is 28.8 Å². The fourth-order valence-electron chi connectivity index (χ4n) is 2.67. The molecule has 1 aromatic rings. The molecular weight excluding hydrogens is 292 g/mol. The molecule has 0 heterocycles. The van der Waals surface area contributed by atoms with Crippen LogP contribution in [-0.4, -0.2) is 22.5 Å². The number of halogens is 1. The Morgan fingerprint density at radius 3 is 2.48 bits per heavy atom. The summed E-state index contributed by atoms with van der Waals surface area (Å²) in [6.07, 6.45) is 2.82. The van der Waals surface area contributed by atoms with Crippen LogP contribution in [0.15, 0.2) is 18.2 Å². The van der Waals surface area contributed by atoms with Crippen molar-refractivity contribution in [2.24, 2.45) is 11.7 Å². The molecule has 0 radical (unpaired) electrons. The summed E-state index contributed by atoms with van der Waals surface area (Å²) in [6, 6.07) is 4.59. The molecule has 0 atom stereocenters. The van der Waals surface area contributed by atoms with Crippen molar-refractivity contribution in [2.45, 2.75) is 38.1 Å². The number of anilines is 1. The summed E-state index contributed by atoms with van der Waals surface area (Å²) in [6.45, 7) is 2.13. The van der Waals surface area contributed by atoms with Crippen LogP contribution in [0.2, 0.25) is 5.02 Å². The predicted octanol–water partition coefficient (Wildman–Crippen LogP) is 2.88. The SMILES string of the molecule is CC1CCC(Nc2ccc(C(N)=O)cc2Cl)(C(=O)O)CC1. The van der Waals surface area contributed by atoms with E-state index in [0.717, 1.165) is 12.8 Å². The average Bonchev–Trinajstić information content (AvgIpc) is 2.43. The second-order valence-corrected chi connectivity index (χ2v) is 6.16. The highest BCUT2D eigenvalue weighted by molar-refractivity contribution is 6.33. The predicted molar refractivity (Wildman–Crippen MR) is 81.6 cm³/mol. The van der Waals surface area contributed by atoms with Gasteiger partial charge < -0.3 is 16.2 Å². The van der Waals surface area contributed by atoms with E-state index < -0.39 is 17.4 Å². The van der Waals surface area contributed by atoms with E-state index in [4.69, 9.17) is 17.3 Å². The number of hydrogen-bond acceptors (Lipinski definition) is 3. The summed E-state index contributed by atoms with van der Waals surface area (Å²) in [7, 11) is 0. The second-order valence-electron chi connectivity index (χ2n) is 5.75. The van der Waals surface area contributed by atoms with Crippen LogP contribution in [-0.2, 0) is 4.79 Å². The van der Waals surface area contributed by atoms with Crippen molar-refractivity contribution in [1.82, 2.24) is 0 Å². The lowest BCUT2D eigenvalue weighted by Gasteiger charge is -2.37. The van der Waals surface area contributed by atoms with E-state index in [0.29, 0.717) is 35.0 Å². The molecule has 1 fully saturated rings. The van der Waals surface area contributed by atoms with E-state index in [1.54, 1.807) is 6.07 Å². The summed E-state index contributed by atoms with van der Waals surface area (Å²) in [5.74, 6) is -0.903. The number of hydrogen-bond donors (Lipinski definition) is 3. The molecule has 1 aliphatic carbocycles. The molecular formula is C15H19ClN2O3. The number of nitrogens with one attached hydrogen (secondary N) is 1. The van der Waals surface area contributed by atoms with Crippen LogP contribution < -0.4 is 11.1 Å². The molecule has 2 rings (SSSR count). The van der Waals surface area contributed by atoms with Gasteiger partial charge in [0.25, 0.3) is 0 Å². The van der Waals surface area contributed by atoms with E-state index in [2.05, 4.69) is 12.2 Å². The monoisotopic (exact) mass is 310 g/mol. The maximum atomic E-state index is 11.7. The van der Waals surface area contributed by atoms with Gasteiger partial charge in [-0.15, -0.1) is 0 Å². The summed E-state index contributed by atoms with van der Waals surface area (Å²) in [5.41, 5.74) is 5.01. The van der Waals surface area contributed by atoms with Gasteiger partial charge in [-0.1, -0.05) is 18.5 Å². The maximum absolute atomic E-state index is 11.7. The average molecular weight is 311 g/mol. The molecule has 21 heavy (non-hydrogen) atoms. The van der Waals surface area contributed by atoms with Gasteiger partial charge in [0.1, 0.15) is 5.54 Å². The molecule has 0 aliphatic heterocycles. The van der Waals surface area contributed by atoms with Crippen LogP contribution in [0, 0.1) is 5.92 Å². The van der Waals surface area contributed by atoms with Gasteiger partial charge in [-0.2, -0.15) is 0 Å². The Bertz CT molecular complexity index is 566. The zero-order valence-electron chi connectivity index (χ0n) is 11.9. The molecule has 114 valence electrons. The zero-order chi connectivity index (χ0) is 15.6. The minimum Gasteiger partial charge on any atom is -0.480 e. The van der Waals surface area contributed by atoms with Gasteiger partial charge in [0, 0.05) is 5.56 Å². The van der Waals surface area contributed by atoms with Crippen molar-refractivity contribution in [1.29, 1.82) is 0 Å². The van der Waals surface area contributed by atoms with E-state index in [9.17, 15) is 14.7 Å². The molecule has 1 aromatic carbocycles. The van der Waals surface area contributed by atoms with Gasteiger partial charge in [-0.3, -0.25) is 4.79 Å². The summed E-state index contributed by atoms with van der Waals surface area (Å²) in [4.78, 5) is 22.8. The number of carboxylic acids is 1. The lowest BCUT2D eigenvalue weighted by Crippen LogP contribution is -2.49. The maximum Gasteiger partial charge on any atom is 0.329 e. The topological polar surface area (TPSA) is 92.4 Å². The third-order valence-corrected chi connectivity index (χ3v) is 4.48. The fraction of sp³-hybridized carbons (Fsp3) is 0.467. The van der Waals surface area contributed by atoms with Crippen LogP contribution in [0.1, 0.15) is 43.0 Å². The first-order valence-electron chi connectivity index (χ1n) is 6.95. The van der Waals surface area contributed by atoms with Crippen molar-refractivity contribution >= 4 is 29.2 Å². The molecule has 0 bridgehead atoms. The summed E-state index contributed by atoms with van der Waals surface area (Å²) < 4.78 is 0. The Kier molecular flexibility index (Phi) is 4.42. The number of benzene rings is 1. The Hall–Kier alpha value is -1.75. The number of rotatable bonds is 4. The summed E-state index contributed by atoms with van der Waals surface area (Å²) in [5, 5.41) is 13.0. The number of amides is 1. The Morgan fingerprint density at radius 2 is 2.00 bits per heavy atom. The van der Waals surface area contributed by atoms with Crippen molar-refractivity contribution in [3.63, 3.8) is 0 Å². The second kappa shape index (κ2) is 5.93. The molecule has 0 aromatic heterocycles. The highest BCUT2D eigenvalue weighted by Gasteiger charge is 2.41. The standard InChI is InChI=1S/C15H19ClN2O3/c1-9-4-6-15(7-5-9,14(20)21)18-12-3-2-10(13(17)19)8-11(12)16/h2-3,8-9,18H,4-7H2,1H3,(H2,17,19)(H,20,21). The quantitative estimate of drug-likeness (QED) is 0.797. The van der Waals surface area contributed by atoms with E-state index >= 15 is 0 Å². The molecule has 1 aliphatic rings. The van der Waals surface area contributed by atoms with Crippen molar-refractivity contribution < 1.29 is 14.7 Å². The fourth-order valence-corrected chi connectivity index (χ4v) is 2.90. The number of primary amides is 1. The van der Waals surface area contributed by atoms with Crippen LogP contribution in [0.4, 0.5) is 5.69 Å². The van der Waals surface area contributed by atoms with Gasteiger partial charge in [0.2, 0.25) is 5.91 Å². The molecule has 0 spiro atoms. The van der Waals surface area contributed by atoms with Crippen LogP contribution in [0.25, 0.3) is 0 Å². The number of aliphatic carboxylic acids is 1. The van der Waals surface area contributed by atoms with E-state index in [-0.39, 0.29) is 0 Å². The zero-order valence-corrected chi connectivity index (χ0v) is 12.6. The van der Waals surface area contributed by atoms with Gasteiger partial charge in [-0.05, 0) is 49.8 Å². The lowest BCUT2D eigenvalue weighted by molar-refractivity contribution is -0.143. The van der Waals surface area contributed by atoms with Crippen molar-refractivity contribution in [3.8, 4) is 0 Å². The highest BCUT2D eigenvalue weighted by atomic mass is 35.5. The third-order valence-electron chi connectivity index (χ3n) is 4.16. The van der Waals surface area contributed by atoms with Crippen LogP contribution in [0.5, 0.6) is 0 Å². The molecule has 1 saturated carbocycles. The molecule has 4 N–H and O–H groups in total. The smallest absolute Gasteiger partial charge is 0.329 e. The molecule has 6 heteroatoms. The van der Waals surface area contributed by atoms with Crippen LogP contribution in [0.3, 0.4) is 0 Å². The van der Waals surface area contributed by atoms with Crippen LogP contribution >= 0.6 is 11.6 Å². The minimum absolute atomic E-state index is 0.297. The summed E-state index contributed by atoms with van der Waals surface area (Å²) >= 11 is 6.12. The number of carbonyl (C=O) groups is 2. The molecule has 0 unspecified atom stereocenters.